The van der Waals surface area contributed by atoms with Crippen LogP contribution in [0.3, 0.4) is 0 Å². The van der Waals surface area contributed by atoms with Gasteiger partial charge in [-0.1, -0.05) is 6.07 Å². The van der Waals surface area contributed by atoms with Gasteiger partial charge in [0.15, 0.2) is 0 Å². The number of hydrogen-bond acceptors (Lipinski definition) is 2. The lowest BCUT2D eigenvalue weighted by Gasteiger charge is -1.99. The van der Waals surface area contributed by atoms with E-state index in [1.165, 1.54) is 0 Å². The highest BCUT2D eigenvalue weighted by atomic mass is 127. The van der Waals surface area contributed by atoms with Crippen molar-refractivity contribution in [3.8, 4) is 5.75 Å². The van der Waals surface area contributed by atoms with Crippen LogP contribution < -0.4 is 0 Å². The van der Waals surface area contributed by atoms with E-state index in [0.29, 0.717) is 5.56 Å². The fraction of sp³-hybridized carbons (Fsp3) is 0.143. The Morgan fingerprint density at radius 1 is 1.40 bits per heavy atom. The Morgan fingerprint density at radius 3 is 2.60 bits per heavy atom. The van der Waals surface area contributed by atoms with Crippen molar-refractivity contribution in [2.45, 2.75) is 6.61 Å². The molecular weight excluding hydrogens is 243 g/mol. The van der Waals surface area contributed by atoms with E-state index in [2.05, 4.69) is 22.6 Å². The van der Waals surface area contributed by atoms with Crippen LogP contribution in [0, 0.1) is 3.57 Å². The fourth-order valence-electron chi connectivity index (χ4n) is 0.671. The summed E-state index contributed by atoms with van der Waals surface area (Å²) < 4.78 is 0.965. The molecule has 0 heterocycles. The molecule has 0 spiro atoms. The Bertz CT molecular complexity index is 235. The zero-order valence-corrected chi connectivity index (χ0v) is 7.37. The highest BCUT2D eigenvalue weighted by molar-refractivity contribution is 14.1. The Morgan fingerprint density at radius 2 is 2.10 bits per heavy atom. The zero-order valence-electron chi connectivity index (χ0n) is 5.21. The van der Waals surface area contributed by atoms with Crippen molar-refractivity contribution in [1.82, 2.24) is 0 Å². The monoisotopic (exact) mass is 250 g/mol. The second kappa shape index (κ2) is 3.21. The summed E-state index contributed by atoms with van der Waals surface area (Å²) in [6.45, 7) is -0.108. The Kier molecular flexibility index (Phi) is 2.50. The maximum atomic E-state index is 9.13. The molecule has 1 aromatic rings. The third-order valence-electron chi connectivity index (χ3n) is 1.22. The molecule has 0 bridgehead atoms. The molecule has 2 N–H and O–H groups in total. The van der Waals surface area contributed by atoms with Gasteiger partial charge in [-0.05, 0) is 34.7 Å². The minimum absolute atomic E-state index is 0.108. The van der Waals surface area contributed by atoms with E-state index in [1.807, 2.05) is 6.07 Å². The summed E-state index contributed by atoms with van der Waals surface area (Å²) in [5, 5.41) is 17.8. The normalized spacial score (nSPS) is 9.80. The van der Waals surface area contributed by atoms with E-state index in [4.69, 9.17) is 10.2 Å². The molecule has 0 aliphatic rings. The first-order valence-electron chi connectivity index (χ1n) is 2.82. The number of phenols is 1. The Hall–Kier alpha value is -0.290. The van der Waals surface area contributed by atoms with Gasteiger partial charge in [-0.2, -0.15) is 0 Å². The van der Waals surface area contributed by atoms with Crippen LogP contribution in [-0.4, -0.2) is 10.2 Å². The average molecular weight is 250 g/mol. The fourth-order valence-corrected chi connectivity index (χ4v) is 1.15. The zero-order chi connectivity index (χ0) is 7.56. The van der Waals surface area contributed by atoms with Gasteiger partial charge in [0.2, 0.25) is 0 Å². The average Bonchev–Trinajstić information content (AvgIpc) is 1.88. The summed E-state index contributed by atoms with van der Waals surface area (Å²) in [5.41, 5.74) is 0.570. The summed E-state index contributed by atoms with van der Waals surface area (Å²) in [6.07, 6.45) is 0. The molecule has 10 heavy (non-hydrogen) atoms. The molecular formula is C7H7IO2. The van der Waals surface area contributed by atoms with Crippen molar-refractivity contribution in [3.05, 3.63) is 27.3 Å². The largest absolute Gasteiger partial charge is 0.508 e. The van der Waals surface area contributed by atoms with Crippen LogP contribution in [0.5, 0.6) is 5.75 Å². The SMILES string of the molecule is OCc1ccc(I)cc1O. The molecule has 0 amide bonds. The second-order valence-corrected chi connectivity index (χ2v) is 3.18. The molecule has 0 aromatic heterocycles. The van der Waals surface area contributed by atoms with Gasteiger partial charge in [-0.15, -0.1) is 0 Å². The molecule has 54 valence electrons. The first-order valence-corrected chi connectivity index (χ1v) is 3.90. The first kappa shape index (κ1) is 7.81. The number of halogens is 1. The lowest BCUT2D eigenvalue weighted by molar-refractivity contribution is 0.275. The van der Waals surface area contributed by atoms with Crippen molar-refractivity contribution in [2.24, 2.45) is 0 Å². The second-order valence-electron chi connectivity index (χ2n) is 1.93. The lowest BCUT2D eigenvalue weighted by Crippen LogP contribution is -1.83. The van der Waals surface area contributed by atoms with E-state index in [1.54, 1.807) is 12.1 Å². The predicted molar refractivity (Wildman–Crippen MR) is 46.7 cm³/mol. The topological polar surface area (TPSA) is 40.5 Å². The number of aliphatic hydroxyl groups excluding tert-OH is 1. The molecule has 2 nitrogen and oxygen atoms in total. The molecule has 1 rings (SSSR count). The van der Waals surface area contributed by atoms with E-state index < -0.39 is 0 Å². The maximum Gasteiger partial charge on any atom is 0.122 e. The van der Waals surface area contributed by atoms with E-state index in [-0.39, 0.29) is 12.4 Å². The van der Waals surface area contributed by atoms with Crippen molar-refractivity contribution in [2.75, 3.05) is 0 Å². The molecule has 0 aliphatic heterocycles. The molecule has 0 atom stereocenters. The smallest absolute Gasteiger partial charge is 0.122 e. The van der Waals surface area contributed by atoms with Gasteiger partial charge in [-0.3, -0.25) is 0 Å². The van der Waals surface area contributed by atoms with Crippen LogP contribution in [0.1, 0.15) is 5.56 Å². The van der Waals surface area contributed by atoms with Gasteiger partial charge in [0.1, 0.15) is 5.75 Å². The van der Waals surface area contributed by atoms with Crippen LogP contribution in [0.15, 0.2) is 18.2 Å². The highest BCUT2D eigenvalue weighted by Gasteiger charge is 1.97. The van der Waals surface area contributed by atoms with Gasteiger partial charge in [0.05, 0.1) is 6.61 Å². The van der Waals surface area contributed by atoms with Crippen LogP contribution in [0.4, 0.5) is 0 Å². The van der Waals surface area contributed by atoms with E-state index in [9.17, 15) is 0 Å². The highest BCUT2D eigenvalue weighted by Crippen LogP contribution is 2.19. The Labute approximate surface area is 72.6 Å². The van der Waals surface area contributed by atoms with Crippen molar-refractivity contribution in [1.29, 1.82) is 0 Å². The van der Waals surface area contributed by atoms with Crippen LogP contribution in [-0.2, 0) is 6.61 Å². The minimum Gasteiger partial charge on any atom is -0.508 e. The maximum absolute atomic E-state index is 9.13. The third kappa shape index (κ3) is 1.60. The molecule has 0 saturated carbocycles. The summed E-state index contributed by atoms with van der Waals surface area (Å²) >= 11 is 2.10. The van der Waals surface area contributed by atoms with Gasteiger partial charge in [-0.25, -0.2) is 0 Å². The number of benzene rings is 1. The van der Waals surface area contributed by atoms with Crippen molar-refractivity contribution in [3.63, 3.8) is 0 Å². The van der Waals surface area contributed by atoms with E-state index in [0.717, 1.165) is 3.57 Å². The standard InChI is InChI=1S/C7H7IO2/c8-6-2-1-5(4-9)7(10)3-6/h1-3,9-10H,4H2. The number of hydrogen-bond donors (Lipinski definition) is 2. The lowest BCUT2D eigenvalue weighted by atomic mass is 10.2. The van der Waals surface area contributed by atoms with Crippen LogP contribution in [0.2, 0.25) is 0 Å². The van der Waals surface area contributed by atoms with Gasteiger partial charge in [0.25, 0.3) is 0 Å². The van der Waals surface area contributed by atoms with Crippen molar-refractivity contribution >= 4 is 22.6 Å². The number of rotatable bonds is 1. The van der Waals surface area contributed by atoms with Gasteiger partial charge < -0.3 is 10.2 Å². The molecule has 0 fully saturated rings. The Balaban J connectivity index is 3.07. The number of aromatic hydroxyl groups is 1. The summed E-state index contributed by atoms with van der Waals surface area (Å²) in [5.74, 6) is 0.161. The molecule has 0 saturated heterocycles. The summed E-state index contributed by atoms with van der Waals surface area (Å²) in [6, 6.07) is 5.16. The minimum atomic E-state index is -0.108. The predicted octanol–water partition coefficient (Wildman–Crippen LogP) is 1.49. The third-order valence-corrected chi connectivity index (χ3v) is 1.89. The molecule has 3 heteroatoms. The van der Waals surface area contributed by atoms with Gasteiger partial charge in [0, 0.05) is 9.13 Å². The molecule has 0 aliphatic carbocycles. The molecule has 0 radical (unpaired) electrons. The number of aliphatic hydroxyl groups is 1. The summed E-state index contributed by atoms with van der Waals surface area (Å²) in [7, 11) is 0. The molecule has 1 aromatic carbocycles. The quantitative estimate of drug-likeness (QED) is 0.741. The van der Waals surface area contributed by atoms with Crippen molar-refractivity contribution < 1.29 is 10.2 Å². The van der Waals surface area contributed by atoms with E-state index >= 15 is 0 Å². The molecule has 0 unspecified atom stereocenters. The summed E-state index contributed by atoms with van der Waals surface area (Å²) in [4.78, 5) is 0. The van der Waals surface area contributed by atoms with Gasteiger partial charge >= 0.3 is 0 Å². The van der Waals surface area contributed by atoms with Crippen LogP contribution >= 0.6 is 22.6 Å². The first-order chi connectivity index (χ1) is 4.74. The van der Waals surface area contributed by atoms with Crippen LogP contribution in [0.25, 0.3) is 0 Å².